The van der Waals surface area contributed by atoms with Crippen molar-refractivity contribution in [2.24, 2.45) is 5.92 Å². The molecule has 0 atom stereocenters. The number of hydrogen-bond acceptors (Lipinski definition) is 1. The van der Waals surface area contributed by atoms with Gasteiger partial charge in [-0.05, 0) is 0 Å². The van der Waals surface area contributed by atoms with Gasteiger partial charge in [0.1, 0.15) is 0 Å². The zero-order chi connectivity index (χ0) is 24.5. The normalized spacial score (nSPS) is 11.6. The average molecular weight is 579 g/mol. The van der Waals surface area contributed by atoms with Crippen LogP contribution in [0.3, 0.4) is 0 Å². The molecule has 1 nitrogen and oxygen atoms in total. The molecule has 0 aliphatic heterocycles. The van der Waals surface area contributed by atoms with E-state index in [2.05, 4.69) is 51.1 Å². The van der Waals surface area contributed by atoms with Gasteiger partial charge in [0.15, 0.2) is 0 Å². The quantitative estimate of drug-likeness (QED) is 0.0828. The number of para-hydroxylation sites is 1. The fourth-order valence-electron chi connectivity index (χ4n) is 5.06. The summed E-state index contributed by atoms with van der Waals surface area (Å²) in [6, 6.07) is 10.7. The van der Waals surface area contributed by atoms with Crippen LogP contribution in [0.5, 0.6) is 5.75 Å². The number of rotatable bonds is 25. The first-order valence-corrected chi connectivity index (χ1v) is 20.6. The third kappa shape index (κ3) is 19.1. The fourth-order valence-corrected chi connectivity index (χ4v) is 11.5. The van der Waals surface area contributed by atoms with Crippen molar-refractivity contribution in [3.05, 3.63) is 30.3 Å². The van der Waals surface area contributed by atoms with Gasteiger partial charge in [0.2, 0.25) is 0 Å². The first-order valence-electron chi connectivity index (χ1n) is 15.4. The van der Waals surface area contributed by atoms with E-state index in [1.54, 1.807) is 0 Å². The zero-order valence-corrected chi connectivity index (χ0v) is 26.3. The molecular weight excluding hydrogens is 519 g/mol. The van der Waals surface area contributed by atoms with E-state index in [1.807, 2.05) is 0 Å². The number of hydrogen-bond donors (Lipinski definition) is 0. The Kier molecular flexibility index (Phi) is 23.0. The topological polar surface area (TPSA) is 9.23 Å². The number of benzene rings is 1. The molecule has 0 fully saturated rings. The molecule has 0 unspecified atom stereocenters. The first-order chi connectivity index (χ1) is 16.8. The fraction of sp³-hybridized carbons (Fsp3) is 0.812. The van der Waals surface area contributed by atoms with Crippen LogP contribution in [-0.2, 0) is 0 Å². The molecule has 0 N–H and O–H groups in total. The van der Waals surface area contributed by atoms with E-state index in [4.69, 9.17) is 3.07 Å². The summed E-state index contributed by atoms with van der Waals surface area (Å²) in [5.41, 5.74) is 0. The molecule has 0 saturated heterocycles. The van der Waals surface area contributed by atoms with Gasteiger partial charge in [0.05, 0.1) is 0 Å². The molecule has 1 radical (unpaired) electrons. The van der Waals surface area contributed by atoms with Gasteiger partial charge >= 0.3 is 209 Å². The summed E-state index contributed by atoms with van der Waals surface area (Å²) >= 11 is -1.77. The molecule has 0 heterocycles. The van der Waals surface area contributed by atoms with Crippen LogP contribution in [0.4, 0.5) is 0 Å². The van der Waals surface area contributed by atoms with Crippen molar-refractivity contribution in [2.75, 3.05) is 0 Å². The van der Waals surface area contributed by atoms with E-state index in [1.165, 1.54) is 137 Å². The minimum absolute atomic E-state index is 0.971. The first kappa shape index (κ1) is 31.8. The van der Waals surface area contributed by atoms with E-state index in [0.717, 1.165) is 11.7 Å². The van der Waals surface area contributed by atoms with E-state index >= 15 is 0 Å². The van der Waals surface area contributed by atoms with Gasteiger partial charge in [0, 0.05) is 0 Å². The van der Waals surface area contributed by atoms with Crippen LogP contribution in [-0.4, -0.2) is 20.2 Å². The molecule has 1 rings (SSSR count). The Morgan fingerprint density at radius 2 is 0.971 bits per heavy atom. The molecule has 2 heteroatoms. The molecule has 0 spiro atoms. The summed E-state index contributed by atoms with van der Waals surface area (Å²) in [5, 5.41) is 0. The molecule has 1 aromatic carbocycles. The molecular formula is C32H59OSn. The maximum atomic E-state index is 6.59. The predicted octanol–water partition coefficient (Wildman–Crippen LogP) is 11.5. The Hall–Kier alpha value is -0.181. The van der Waals surface area contributed by atoms with Crippen LogP contribution in [0, 0.1) is 5.92 Å². The van der Waals surface area contributed by atoms with Gasteiger partial charge in [-0.3, -0.25) is 0 Å². The second-order valence-corrected chi connectivity index (χ2v) is 17.1. The van der Waals surface area contributed by atoms with Gasteiger partial charge in [0.25, 0.3) is 0 Å². The summed E-state index contributed by atoms with van der Waals surface area (Å²) < 4.78 is 9.40. The second kappa shape index (κ2) is 24.5. The molecule has 0 amide bonds. The predicted molar refractivity (Wildman–Crippen MR) is 155 cm³/mol. The monoisotopic (exact) mass is 579 g/mol. The molecule has 0 aliphatic carbocycles. The van der Waals surface area contributed by atoms with Crippen molar-refractivity contribution in [1.82, 2.24) is 0 Å². The standard InChI is InChI=1S/C22H45.C6H6O.C4H9.Sn/c1-4-7-9-11-13-15-17-20-22(19-6-3)21-18-16-14-12-10-8-5-2;7-6-4-2-1-3-5-6;1-3-4-2;/h22H,3-21H2,1-2H3;1-5,7H;1,3-4H2,2H3;/q;;;+1/p-1. The summed E-state index contributed by atoms with van der Waals surface area (Å²) in [5.74, 6) is 2.11. The van der Waals surface area contributed by atoms with E-state index in [9.17, 15) is 0 Å². The molecule has 0 aromatic heterocycles. The van der Waals surface area contributed by atoms with Crippen LogP contribution in [0.1, 0.15) is 149 Å². The third-order valence-electron chi connectivity index (χ3n) is 7.31. The Bertz CT molecular complexity index is 499. The Morgan fingerprint density at radius 3 is 1.50 bits per heavy atom. The second-order valence-electron chi connectivity index (χ2n) is 10.6. The van der Waals surface area contributed by atoms with Crippen LogP contribution in [0.2, 0.25) is 8.87 Å². The molecule has 34 heavy (non-hydrogen) atoms. The van der Waals surface area contributed by atoms with Gasteiger partial charge in [-0.2, -0.15) is 0 Å². The van der Waals surface area contributed by atoms with E-state index in [0.29, 0.717) is 0 Å². The van der Waals surface area contributed by atoms with Gasteiger partial charge < -0.3 is 0 Å². The van der Waals surface area contributed by atoms with Crippen molar-refractivity contribution in [1.29, 1.82) is 0 Å². The number of unbranched alkanes of at least 4 members (excludes halogenated alkanes) is 13. The average Bonchev–Trinajstić information content (AvgIpc) is 2.86. The van der Waals surface area contributed by atoms with Gasteiger partial charge in [-0.25, -0.2) is 0 Å². The van der Waals surface area contributed by atoms with Crippen molar-refractivity contribution in [3.8, 4) is 5.75 Å². The van der Waals surface area contributed by atoms with Crippen LogP contribution < -0.4 is 3.07 Å². The van der Waals surface area contributed by atoms with Crippen LogP contribution >= 0.6 is 0 Å². The molecule has 0 saturated carbocycles. The van der Waals surface area contributed by atoms with Crippen LogP contribution in [0.25, 0.3) is 0 Å². The van der Waals surface area contributed by atoms with Crippen molar-refractivity contribution in [3.63, 3.8) is 0 Å². The van der Waals surface area contributed by atoms with Crippen LogP contribution in [0.15, 0.2) is 30.3 Å². The molecule has 197 valence electrons. The van der Waals surface area contributed by atoms with Crippen molar-refractivity contribution < 1.29 is 3.07 Å². The van der Waals surface area contributed by atoms with Gasteiger partial charge in [-0.15, -0.1) is 0 Å². The molecule has 0 aliphatic rings. The Morgan fingerprint density at radius 1 is 0.529 bits per heavy atom. The minimum atomic E-state index is -1.77. The summed E-state index contributed by atoms with van der Waals surface area (Å²) in [6.45, 7) is 6.95. The molecule has 1 aromatic rings. The summed E-state index contributed by atoms with van der Waals surface area (Å²) in [7, 11) is 0. The van der Waals surface area contributed by atoms with Crippen molar-refractivity contribution >= 4 is 20.2 Å². The maximum absolute atomic E-state index is 6.59. The Balaban J connectivity index is 2.38. The van der Waals surface area contributed by atoms with E-state index in [-0.39, 0.29) is 0 Å². The van der Waals surface area contributed by atoms with Crippen molar-refractivity contribution in [2.45, 2.75) is 158 Å². The summed E-state index contributed by atoms with van der Waals surface area (Å²) in [4.78, 5) is 0. The summed E-state index contributed by atoms with van der Waals surface area (Å²) in [6.07, 6.45) is 28.7. The zero-order valence-electron chi connectivity index (χ0n) is 23.4. The van der Waals surface area contributed by atoms with E-state index < -0.39 is 20.2 Å². The van der Waals surface area contributed by atoms with Gasteiger partial charge in [-0.1, -0.05) is 13.8 Å². The Labute approximate surface area is 222 Å². The third-order valence-corrected chi connectivity index (χ3v) is 14.0. The SMILES string of the molecule is CCCCCCCCCC(CCCCCCCCC)CC[CH2][Sn]([CH2]CCC)[O]c1ccccc1. The molecule has 0 bridgehead atoms.